The molecule has 0 saturated heterocycles. The molecule has 1 aromatic carbocycles. The van der Waals surface area contributed by atoms with E-state index in [0.29, 0.717) is 11.3 Å². The van der Waals surface area contributed by atoms with E-state index < -0.39 is 0 Å². The summed E-state index contributed by atoms with van der Waals surface area (Å²) in [6.07, 6.45) is 15.3. The van der Waals surface area contributed by atoms with E-state index >= 15 is 0 Å². The Bertz CT molecular complexity index is 461. The molecule has 0 nitrogen and oxygen atoms in total. The first-order chi connectivity index (χ1) is 12.5. The molecule has 1 aliphatic carbocycles. The highest BCUT2D eigenvalue weighted by Gasteiger charge is 2.19. The van der Waals surface area contributed by atoms with Crippen LogP contribution in [-0.2, 0) is 6.42 Å². The number of benzene rings is 1. The Hall–Kier alpha value is -1.30. The summed E-state index contributed by atoms with van der Waals surface area (Å²) >= 11 is 0. The topological polar surface area (TPSA) is 0 Å². The summed E-state index contributed by atoms with van der Waals surface area (Å²) in [5.41, 5.74) is 3.32. The highest BCUT2D eigenvalue weighted by molar-refractivity contribution is 5.24. The van der Waals surface area contributed by atoms with E-state index in [0.717, 1.165) is 6.42 Å². The van der Waals surface area contributed by atoms with E-state index in [4.69, 9.17) is 0 Å². The lowest BCUT2D eigenvalue weighted by Gasteiger charge is -2.25. The zero-order valence-corrected chi connectivity index (χ0v) is 19.2. The van der Waals surface area contributed by atoms with Gasteiger partial charge < -0.3 is 0 Å². The van der Waals surface area contributed by atoms with Crippen LogP contribution in [0.15, 0.2) is 48.6 Å². The van der Waals surface area contributed by atoms with E-state index in [2.05, 4.69) is 83.2 Å². The zero-order valence-electron chi connectivity index (χ0n) is 19.2. The van der Waals surface area contributed by atoms with Gasteiger partial charge >= 0.3 is 0 Å². The van der Waals surface area contributed by atoms with Gasteiger partial charge in [-0.05, 0) is 41.7 Å². The molecule has 150 valence electrons. The lowest BCUT2D eigenvalue weighted by atomic mass is 9.79. The predicted molar refractivity (Wildman–Crippen MR) is 123 cm³/mol. The van der Waals surface area contributed by atoms with Gasteiger partial charge in [0.1, 0.15) is 0 Å². The van der Waals surface area contributed by atoms with Crippen molar-refractivity contribution >= 4 is 0 Å². The smallest absolute Gasteiger partial charge is 0.0109 e. The van der Waals surface area contributed by atoms with E-state index in [9.17, 15) is 0 Å². The van der Waals surface area contributed by atoms with Gasteiger partial charge in [-0.15, -0.1) is 0 Å². The minimum atomic E-state index is 0.463. The quantitative estimate of drug-likeness (QED) is 0.492. The van der Waals surface area contributed by atoms with Gasteiger partial charge in [0.25, 0.3) is 0 Å². The number of aryl methyl sites for hydroxylation is 1. The van der Waals surface area contributed by atoms with Crippen LogP contribution in [0.5, 0.6) is 0 Å². The first kappa shape index (κ1) is 26.9. The third-order valence-electron chi connectivity index (χ3n) is 4.49. The van der Waals surface area contributed by atoms with Crippen molar-refractivity contribution in [3.05, 3.63) is 59.7 Å². The minimum absolute atomic E-state index is 0.463. The van der Waals surface area contributed by atoms with Crippen LogP contribution in [0.25, 0.3) is 0 Å². The van der Waals surface area contributed by atoms with Gasteiger partial charge in [-0.3, -0.25) is 0 Å². The molecule has 1 aliphatic rings. The van der Waals surface area contributed by atoms with Gasteiger partial charge in [0.2, 0.25) is 0 Å². The van der Waals surface area contributed by atoms with Gasteiger partial charge in [-0.1, -0.05) is 124 Å². The standard InChI is InChI=1S/C11H16.C11H18.2C2H6/c1-4-10-5-7-11(8-6-10)9(2)3;1-3-4-8-11(2)9-6-5-7-10-11;2*1-2/h5-9H,4H2,1-3H3;5-7,9H,3-4,8,10H2,1-2H3;2*1-2H3. The fraction of sp³-hybridized carbons (Fsp3) is 0.615. The van der Waals surface area contributed by atoms with Crippen molar-refractivity contribution in [1.29, 1.82) is 0 Å². The maximum atomic E-state index is 2.35. The fourth-order valence-electron chi connectivity index (χ4n) is 2.68. The SMILES string of the molecule is CC.CC.CCCCC1(C)C=CC=CC1.CCc1ccc(C(C)C)cc1. The minimum Gasteiger partial charge on any atom is -0.0837 e. The number of hydrogen-bond donors (Lipinski definition) is 0. The fourth-order valence-corrected chi connectivity index (χ4v) is 2.68. The lowest BCUT2D eigenvalue weighted by Crippen LogP contribution is -2.13. The third kappa shape index (κ3) is 12.1. The Balaban J connectivity index is 0. The molecule has 1 atom stereocenters. The Morgan fingerprint density at radius 3 is 1.88 bits per heavy atom. The van der Waals surface area contributed by atoms with Crippen LogP contribution in [0, 0.1) is 5.41 Å². The molecule has 0 heterocycles. The highest BCUT2D eigenvalue weighted by Crippen LogP contribution is 2.32. The van der Waals surface area contributed by atoms with Crippen LogP contribution in [0.4, 0.5) is 0 Å². The lowest BCUT2D eigenvalue weighted by molar-refractivity contribution is 0.378. The van der Waals surface area contributed by atoms with E-state index in [1.165, 1.54) is 36.8 Å². The summed E-state index contributed by atoms with van der Waals surface area (Å²) in [5, 5.41) is 0. The van der Waals surface area contributed by atoms with E-state index in [1.54, 1.807) is 0 Å². The van der Waals surface area contributed by atoms with Gasteiger partial charge in [0.15, 0.2) is 0 Å². The third-order valence-corrected chi connectivity index (χ3v) is 4.49. The van der Waals surface area contributed by atoms with Crippen molar-refractivity contribution in [3.8, 4) is 0 Å². The molecule has 0 N–H and O–H groups in total. The van der Waals surface area contributed by atoms with Crippen molar-refractivity contribution < 1.29 is 0 Å². The van der Waals surface area contributed by atoms with Gasteiger partial charge in [-0.25, -0.2) is 0 Å². The number of unbranched alkanes of at least 4 members (excludes halogenated alkanes) is 1. The summed E-state index contributed by atoms with van der Waals surface area (Å²) in [7, 11) is 0. The van der Waals surface area contributed by atoms with Crippen LogP contribution < -0.4 is 0 Å². The normalized spacial score (nSPS) is 17.3. The molecule has 0 spiro atoms. The van der Waals surface area contributed by atoms with Crippen molar-refractivity contribution in [2.24, 2.45) is 5.41 Å². The highest BCUT2D eigenvalue weighted by atomic mass is 14.2. The molecule has 0 aromatic heterocycles. The van der Waals surface area contributed by atoms with Crippen molar-refractivity contribution in [1.82, 2.24) is 0 Å². The first-order valence-corrected chi connectivity index (χ1v) is 10.9. The Morgan fingerprint density at radius 2 is 1.50 bits per heavy atom. The van der Waals surface area contributed by atoms with E-state index in [-0.39, 0.29) is 0 Å². The summed E-state index contributed by atoms with van der Waals surface area (Å²) in [6.45, 7) is 19.2. The average molecular weight is 359 g/mol. The molecule has 2 rings (SSSR count). The molecule has 26 heavy (non-hydrogen) atoms. The van der Waals surface area contributed by atoms with Gasteiger partial charge in [0.05, 0.1) is 0 Å². The zero-order chi connectivity index (χ0) is 20.4. The molecule has 1 unspecified atom stereocenters. The van der Waals surface area contributed by atoms with Crippen molar-refractivity contribution in [3.63, 3.8) is 0 Å². The maximum Gasteiger partial charge on any atom is -0.0109 e. The maximum absolute atomic E-state index is 2.35. The van der Waals surface area contributed by atoms with Crippen molar-refractivity contribution in [2.45, 2.75) is 100 Å². The second kappa shape index (κ2) is 17.1. The monoisotopic (exact) mass is 358 g/mol. The number of rotatable bonds is 5. The summed E-state index contributed by atoms with van der Waals surface area (Å²) in [5.74, 6) is 0.654. The molecular formula is C26H46. The Labute approximate surface area is 165 Å². The van der Waals surface area contributed by atoms with Crippen LogP contribution in [0.3, 0.4) is 0 Å². The summed E-state index contributed by atoms with van der Waals surface area (Å²) in [6, 6.07) is 8.89. The molecule has 0 amide bonds. The van der Waals surface area contributed by atoms with Gasteiger partial charge in [-0.2, -0.15) is 0 Å². The van der Waals surface area contributed by atoms with Gasteiger partial charge in [0, 0.05) is 0 Å². The average Bonchev–Trinajstić information content (AvgIpc) is 2.70. The number of hydrogen-bond acceptors (Lipinski definition) is 0. The second-order valence-electron chi connectivity index (χ2n) is 7.00. The van der Waals surface area contributed by atoms with Crippen molar-refractivity contribution in [2.75, 3.05) is 0 Å². The molecule has 0 radical (unpaired) electrons. The molecule has 1 aromatic rings. The van der Waals surface area contributed by atoms with Crippen LogP contribution >= 0.6 is 0 Å². The molecule has 0 heteroatoms. The van der Waals surface area contributed by atoms with Crippen LogP contribution in [-0.4, -0.2) is 0 Å². The first-order valence-electron chi connectivity index (χ1n) is 10.9. The molecule has 0 saturated carbocycles. The predicted octanol–water partition coefficient (Wildman–Crippen LogP) is 9.12. The van der Waals surface area contributed by atoms with E-state index in [1.807, 2.05) is 27.7 Å². The second-order valence-corrected chi connectivity index (χ2v) is 7.00. The Kier molecular flexibility index (Phi) is 17.7. The summed E-state index contributed by atoms with van der Waals surface area (Å²) < 4.78 is 0. The molecule has 0 fully saturated rings. The molecular weight excluding hydrogens is 312 g/mol. The Morgan fingerprint density at radius 1 is 0.923 bits per heavy atom. The van der Waals surface area contributed by atoms with Crippen LogP contribution in [0.2, 0.25) is 0 Å². The van der Waals surface area contributed by atoms with Crippen LogP contribution in [0.1, 0.15) is 105 Å². The molecule has 0 aliphatic heterocycles. The molecule has 0 bridgehead atoms. The summed E-state index contributed by atoms with van der Waals surface area (Å²) in [4.78, 5) is 0. The number of allylic oxidation sites excluding steroid dienone is 4. The largest absolute Gasteiger partial charge is 0.0837 e.